The molecular weight excluding hydrogens is 166 g/mol. The SMILES string of the molecule is Nc1n[nH]c(CC2CCCNC2)n1. The molecule has 0 saturated carbocycles. The largest absolute Gasteiger partial charge is 0.367 e. The summed E-state index contributed by atoms with van der Waals surface area (Å²) in [6.07, 6.45) is 3.49. The average molecular weight is 181 g/mol. The Balaban J connectivity index is 1.89. The van der Waals surface area contributed by atoms with Gasteiger partial charge in [-0.3, -0.25) is 5.10 Å². The van der Waals surface area contributed by atoms with Gasteiger partial charge in [-0.05, 0) is 31.8 Å². The van der Waals surface area contributed by atoms with Crippen molar-refractivity contribution >= 4 is 5.95 Å². The van der Waals surface area contributed by atoms with Crippen molar-refractivity contribution in [3.8, 4) is 0 Å². The molecule has 13 heavy (non-hydrogen) atoms. The minimum Gasteiger partial charge on any atom is -0.367 e. The van der Waals surface area contributed by atoms with E-state index >= 15 is 0 Å². The van der Waals surface area contributed by atoms with Crippen LogP contribution < -0.4 is 11.1 Å². The van der Waals surface area contributed by atoms with Gasteiger partial charge in [0.25, 0.3) is 0 Å². The Bertz CT molecular complexity index is 263. The van der Waals surface area contributed by atoms with Gasteiger partial charge in [-0.15, -0.1) is 5.10 Å². The molecule has 1 fully saturated rings. The summed E-state index contributed by atoms with van der Waals surface area (Å²) in [5, 5.41) is 10.0. The third-order valence-corrected chi connectivity index (χ3v) is 2.43. The number of nitrogen functional groups attached to an aromatic ring is 1. The number of nitrogens with one attached hydrogen (secondary N) is 2. The lowest BCUT2D eigenvalue weighted by atomic mass is 9.96. The van der Waals surface area contributed by atoms with Gasteiger partial charge in [0, 0.05) is 6.42 Å². The number of aromatic nitrogens is 3. The number of nitrogens with zero attached hydrogens (tertiary/aromatic N) is 2. The van der Waals surface area contributed by atoms with E-state index in [4.69, 9.17) is 5.73 Å². The molecule has 1 aromatic rings. The predicted octanol–water partition coefficient (Wildman–Crippen LogP) is -0.0710. The van der Waals surface area contributed by atoms with E-state index in [-0.39, 0.29) is 0 Å². The molecule has 0 spiro atoms. The summed E-state index contributed by atoms with van der Waals surface area (Å²) in [6, 6.07) is 0. The number of aromatic amines is 1. The van der Waals surface area contributed by atoms with Crippen molar-refractivity contribution in [1.82, 2.24) is 20.5 Å². The molecule has 0 radical (unpaired) electrons. The summed E-state index contributed by atoms with van der Waals surface area (Å²) < 4.78 is 0. The Kier molecular flexibility index (Phi) is 2.44. The topological polar surface area (TPSA) is 79.6 Å². The second-order valence-corrected chi connectivity index (χ2v) is 3.56. The summed E-state index contributed by atoms with van der Waals surface area (Å²) in [5.74, 6) is 1.94. The van der Waals surface area contributed by atoms with E-state index in [9.17, 15) is 0 Å². The van der Waals surface area contributed by atoms with E-state index < -0.39 is 0 Å². The van der Waals surface area contributed by atoms with E-state index in [0.29, 0.717) is 11.9 Å². The summed E-state index contributed by atoms with van der Waals surface area (Å²) in [7, 11) is 0. The third kappa shape index (κ3) is 2.18. The maximum atomic E-state index is 5.41. The van der Waals surface area contributed by atoms with Crippen molar-refractivity contribution < 1.29 is 0 Å². The van der Waals surface area contributed by atoms with Crippen LogP contribution in [-0.4, -0.2) is 28.3 Å². The molecule has 0 bridgehead atoms. The van der Waals surface area contributed by atoms with E-state index in [1.807, 2.05) is 0 Å². The molecule has 0 amide bonds. The van der Waals surface area contributed by atoms with Crippen LogP contribution in [0.15, 0.2) is 0 Å². The molecule has 5 nitrogen and oxygen atoms in total. The van der Waals surface area contributed by atoms with Gasteiger partial charge < -0.3 is 11.1 Å². The minimum atomic E-state index is 0.346. The highest BCUT2D eigenvalue weighted by atomic mass is 15.3. The number of nitrogens with two attached hydrogens (primary N) is 1. The zero-order valence-electron chi connectivity index (χ0n) is 7.58. The van der Waals surface area contributed by atoms with Crippen LogP contribution in [0.2, 0.25) is 0 Å². The standard InChI is InChI=1S/C8H15N5/c9-8-11-7(12-13-8)4-6-2-1-3-10-5-6/h6,10H,1-5H2,(H3,9,11,12,13). The predicted molar refractivity (Wildman–Crippen MR) is 50.1 cm³/mol. The summed E-state index contributed by atoms with van der Waals surface area (Å²) in [5.41, 5.74) is 5.41. The van der Waals surface area contributed by atoms with Crippen molar-refractivity contribution in [3.05, 3.63) is 5.82 Å². The van der Waals surface area contributed by atoms with Crippen LogP contribution in [0.25, 0.3) is 0 Å². The maximum absolute atomic E-state index is 5.41. The van der Waals surface area contributed by atoms with Gasteiger partial charge in [0.1, 0.15) is 5.82 Å². The Morgan fingerprint density at radius 3 is 3.08 bits per heavy atom. The average Bonchev–Trinajstić information content (AvgIpc) is 2.53. The molecule has 4 N–H and O–H groups in total. The van der Waals surface area contributed by atoms with Crippen molar-refractivity contribution in [3.63, 3.8) is 0 Å². The van der Waals surface area contributed by atoms with Gasteiger partial charge >= 0.3 is 0 Å². The second kappa shape index (κ2) is 3.74. The van der Waals surface area contributed by atoms with Gasteiger partial charge in [-0.2, -0.15) is 4.98 Å². The fraction of sp³-hybridized carbons (Fsp3) is 0.750. The first-order valence-corrected chi connectivity index (χ1v) is 4.72. The number of piperidine rings is 1. The molecule has 72 valence electrons. The zero-order valence-corrected chi connectivity index (χ0v) is 7.58. The van der Waals surface area contributed by atoms with Gasteiger partial charge in [0.05, 0.1) is 0 Å². The lowest BCUT2D eigenvalue weighted by Crippen LogP contribution is -2.31. The Morgan fingerprint density at radius 2 is 2.46 bits per heavy atom. The van der Waals surface area contributed by atoms with E-state index in [0.717, 1.165) is 25.3 Å². The quantitative estimate of drug-likeness (QED) is 0.596. The number of hydrogen-bond acceptors (Lipinski definition) is 4. The first-order valence-electron chi connectivity index (χ1n) is 4.72. The van der Waals surface area contributed by atoms with Crippen molar-refractivity contribution in [2.75, 3.05) is 18.8 Å². The van der Waals surface area contributed by atoms with Gasteiger partial charge in [-0.25, -0.2) is 0 Å². The molecular formula is C8H15N5. The maximum Gasteiger partial charge on any atom is 0.239 e. The van der Waals surface area contributed by atoms with Crippen LogP contribution in [-0.2, 0) is 6.42 Å². The van der Waals surface area contributed by atoms with Crippen LogP contribution in [0.4, 0.5) is 5.95 Å². The fourth-order valence-electron chi connectivity index (χ4n) is 1.77. The molecule has 1 aliphatic heterocycles. The highest BCUT2D eigenvalue weighted by Gasteiger charge is 2.14. The Hall–Kier alpha value is -1.10. The van der Waals surface area contributed by atoms with Gasteiger partial charge in [0.2, 0.25) is 5.95 Å². The monoisotopic (exact) mass is 181 g/mol. The van der Waals surface area contributed by atoms with Crippen LogP contribution in [0.1, 0.15) is 18.7 Å². The second-order valence-electron chi connectivity index (χ2n) is 3.56. The molecule has 1 saturated heterocycles. The van der Waals surface area contributed by atoms with E-state index in [2.05, 4.69) is 20.5 Å². The molecule has 0 aromatic carbocycles. The summed E-state index contributed by atoms with van der Waals surface area (Å²) in [4.78, 5) is 4.09. The zero-order chi connectivity index (χ0) is 9.10. The van der Waals surface area contributed by atoms with Crippen molar-refractivity contribution in [2.24, 2.45) is 5.92 Å². The molecule has 2 heterocycles. The Morgan fingerprint density at radius 1 is 1.54 bits per heavy atom. The van der Waals surface area contributed by atoms with E-state index in [1.165, 1.54) is 12.8 Å². The van der Waals surface area contributed by atoms with Crippen LogP contribution in [0.5, 0.6) is 0 Å². The normalized spacial score (nSPS) is 23.2. The number of hydrogen-bond donors (Lipinski definition) is 3. The van der Waals surface area contributed by atoms with Gasteiger partial charge in [0.15, 0.2) is 0 Å². The molecule has 1 aromatic heterocycles. The van der Waals surface area contributed by atoms with Crippen molar-refractivity contribution in [2.45, 2.75) is 19.3 Å². The lowest BCUT2D eigenvalue weighted by molar-refractivity contribution is 0.371. The first kappa shape index (κ1) is 8.50. The van der Waals surface area contributed by atoms with Crippen LogP contribution in [0.3, 0.4) is 0 Å². The fourth-order valence-corrected chi connectivity index (χ4v) is 1.77. The van der Waals surface area contributed by atoms with Gasteiger partial charge in [-0.1, -0.05) is 0 Å². The third-order valence-electron chi connectivity index (χ3n) is 2.43. The molecule has 1 aliphatic rings. The number of anilines is 1. The molecule has 5 heteroatoms. The lowest BCUT2D eigenvalue weighted by Gasteiger charge is -2.21. The number of H-pyrrole nitrogens is 1. The van der Waals surface area contributed by atoms with Crippen molar-refractivity contribution in [1.29, 1.82) is 0 Å². The molecule has 1 atom stereocenters. The Labute approximate surface area is 77.1 Å². The molecule has 2 rings (SSSR count). The highest BCUT2D eigenvalue weighted by molar-refractivity contribution is 5.12. The van der Waals surface area contributed by atoms with E-state index in [1.54, 1.807) is 0 Å². The highest BCUT2D eigenvalue weighted by Crippen LogP contribution is 2.14. The first-order chi connectivity index (χ1) is 6.34. The summed E-state index contributed by atoms with van der Waals surface area (Å²) in [6.45, 7) is 2.23. The smallest absolute Gasteiger partial charge is 0.239 e. The molecule has 1 unspecified atom stereocenters. The summed E-state index contributed by atoms with van der Waals surface area (Å²) >= 11 is 0. The number of rotatable bonds is 2. The molecule has 0 aliphatic carbocycles. The van der Waals surface area contributed by atoms with Crippen LogP contribution in [0, 0.1) is 5.92 Å². The minimum absolute atomic E-state index is 0.346. The van der Waals surface area contributed by atoms with Crippen LogP contribution >= 0.6 is 0 Å².